The van der Waals surface area contributed by atoms with Crippen LogP contribution in [-0.2, 0) is 16.0 Å². The van der Waals surface area contributed by atoms with Crippen LogP contribution in [0.3, 0.4) is 0 Å². The zero-order valence-corrected chi connectivity index (χ0v) is 17.8. The maximum Gasteiger partial charge on any atom is 0.238 e. The number of aryl methyl sites for hydroxylation is 1. The van der Waals surface area contributed by atoms with Gasteiger partial charge in [-0.25, -0.2) is 0 Å². The molecule has 0 radical (unpaired) electrons. The molecule has 2 aliphatic heterocycles. The zero-order valence-electron chi connectivity index (χ0n) is 17.0. The fourth-order valence-electron chi connectivity index (χ4n) is 3.09. The van der Waals surface area contributed by atoms with Gasteiger partial charge in [0.05, 0.1) is 0 Å². The zero-order chi connectivity index (χ0) is 21.6. The standard InChI is InChI=1S/C22H22N4O4S/c1-14(7-8-15-9-10-17-18(11-15)30-13-29-17)25-26-22-24-20(27)12-19(31-22)21(28)23-16-5-3-2-4-6-16/h2-6,9-11,19H,7-8,12-13H2,1H3,(H,23,28)(H,24,26,27)/t19-/m0/s1. The number of carbonyl (C=O) groups is 2. The molecule has 0 bridgehead atoms. The average Bonchev–Trinajstić information content (AvgIpc) is 3.24. The van der Waals surface area contributed by atoms with E-state index in [1.807, 2.05) is 43.3 Å². The van der Waals surface area contributed by atoms with E-state index in [1.54, 1.807) is 12.1 Å². The molecule has 0 aromatic heterocycles. The Morgan fingerprint density at radius 2 is 2.00 bits per heavy atom. The first-order chi connectivity index (χ1) is 15.1. The minimum Gasteiger partial charge on any atom is -0.454 e. The summed E-state index contributed by atoms with van der Waals surface area (Å²) in [5.41, 5.74) is 2.62. The van der Waals surface area contributed by atoms with E-state index in [1.165, 1.54) is 11.8 Å². The van der Waals surface area contributed by atoms with Gasteiger partial charge >= 0.3 is 0 Å². The normalized spacial score (nSPS) is 19.3. The summed E-state index contributed by atoms with van der Waals surface area (Å²) in [6.45, 7) is 2.14. The third kappa shape index (κ3) is 5.64. The summed E-state index contributed by atoms with van der Waals surface area (Å²) < 4.78 is 10.7. The van der Waals surface area contributed by atoms with Crippen molar-refractivity contribution in [2.24, 2.45) is 10.2 Å². The Bertz CT molecular complexity index is 1040. The van der Waals surface area contributed by atoms with Crippen LogP contribution in [0.4, 0.5) is 5.69 Å². The Balaban J connectivity index is 1.34. The van der Waals surface area contributed by atoms with E-state index in [2.05, 4.69) is 20.8 Å². The number of benzene rings is 2. The number of anilines is 1. The fourth-order valence-corrected chi connectivity index (χ4v) is 4.02. The Hall–Kier alpha value is -3.33. The van der Waals surface area contributed by atoms with Gasteiger partial charge in [0.1, 0.15) is 5.25 Å². The van der Waals surface area contributed by atoms with Crippen LogP contribution >= 0.6 is 11.8 Å². The molecule has 31 heavy (non-hydrogen) atoms. The highest BCUT2D eigenvalue weighted by Gasteiger charge is 2.30. The van der Waals surface area contributed by atoms with Crippen LogP contribution in [0.2, 0.25) is 0 Å². The highest BCUT2D eigenvalue weighted by Crippen LogP contribution is 2.32. The lowest BCUT2D eigenvalue weighted by atomic mass is 10.1. The highest BCUT2D eigenvalue weighted by atomic mass is 32.2. The van der Waals surface area contributed by atoms with Crippen LogP contribution in [0, 0.1) is 0 Å². The van der Waals surface area contributed by atoms with Gasteiger partial charge in [0.25, 0.3) is 0 Å². The number of carbonyl (C=O) groups excluding carboxylic acids is 2. The number of hydrogen-bond donors (Lipinski definition) is 2. The Morgan fingerprint density at radius 3 is 2.84 bits per heavy atom. The number of nitrogens with zero attached hydrogens (tertiary/aromatic N) is 2. The number of amidine groups is 1. The molecule has 1 atom stereocenters. The lowest BCUT2D eigenvalue weighted by Crippen LogP contribution is -2.41. The van der Waals surface area contributed by atoms with Crippen LogP contribution in [0.5, 0.6) is 11.5 Å². The van der Waals surface area contributed by atoms with Crippen LogP contribution < -0.4 is 20.1 Å². The average molecular weight is 439 g/mol. The largest absolute Gasteiger partial charge is 0.454 e. The van der Waals surface area contributed by atoms with E-state index in [0.717, 1.165) is 29.2 Å². The molecule has 2 aromatic rings. The highest BCUT2D eigenvalue weighted by molar-refractivity contribution is 8.15. The molecule has 2 amide bonds. The van der Waals surface area contributed by atoms with Gasteiger partial charge in [-0.2, -0.15) is 5.10 Å². The predicted octanol–water partition coefficient (Wildman–Crippen LogP) is 3.34. The van der Waals surface area contributed by atoms with Crippen molar-refractivity contribution in [3.63, 3.8) is 0 Å². The SMILES string of the molecule is CC(CCc1ccc2c(c1)OCO2)=N/N=C1\NC(=O)C[C@@H](C(=O)Nc2ccccc2)S1. The van der Waals surface area contributed by atoms with Gasteiger partial charge in [0.2, 0.25) is 18.6 Å². The molecule has 0 unspecified atom stereocenters. The van der Waals surface area contributed by atoms with Gasteiger partial charge in [0, 0.05) is 17.8 Å². The molecule has 4 rings (SSSR count). The number of ether oxygens (including phenoxy) is 2. The quantitative estimate of drug-likeness (QED) is 0.532. The maximum atomic E-state index is 12.5. The summed E-state index contributed by atoms with van der Waals surface area (Å²) in [5, 5.41) is 13.7. The first-order valence-corrected chi connectivity index (χ1v) is 10.8. The smallest absolute Gasteiger partial charge is 0.238 e. The Labute approximate surface area is 184 Å². The van der Waals surface area contributed by atoms with Gasteiger partial charge in [0.15, 0.2) is 16.7 Å². The number of amides is 2. The van der Waals surface area contributed by atoms with Gasteiger partial charge < -0.3 is 20.1 Å². The van der Waals surface area contributed by atoms with E-state index < -0.39 is 5.25 Å². The fraction of sp³-hybridized carbons (Fsp3) is 0.273. The first kappa shape index (κ1) is 20.9. The molecule has 9 heteroatoms. The van der Waals surface area contributed by atoms with E-state index in [9.17, 15) is 9.59 Å². The molecule has 1 fully saturated rings. The number of nitrogens with one attached hydrogen (secondary N) is 2. The van der Waals surface area contributed by atoms with E-state index in [0.29, 0.717) is 17.3 Å². The lowest BCUT2D eigenvalue weighted by molar-refractivity contribution is -0.123. The Morgan fingerprint density at radius 1 is 1.19 bits per heavy atom. The van der Waals surface area contributed by atoms with E-state index in [4.69, 9.17) is 9.47 Å². The molecule has 1 saturated heterocycles. The van der Waals surface area contributed by atoms with Crippen molar-refractivity contribution in [2.45, 2.75) is 31.4 Å². The van der Waals surface area contributed by atoms with Crippen molar-refractivity contribution >= 4 is 40.1 Å². The number of fused-ring (bicyclic) bond motifs is 1. The van der Waals surface area contributed by atoms with Crippen LogP contribution in [0.25, 0.3) is 0 Å². The summed E-state index contributed by atoms with van der Waals surface area (Å²) in [6.07, 6.45) is 1.57. The monoisotopic (exact) mass is 438 g/mol. The summed E-state index contributed by atoms with van der Waals surface area (Å²) in [5.74, 6) is 1.03. The van der Waals surface area contributed by atoms with E-state index >= 15 is 0 Å². The number of hydrogen-bond acceptors (Lipinski definition) is 7. The molecule has 2 aromatic carbocycles. The van der Waals surface area contributed by atoms with Gasteiger partial charge in [-0.3, -0.25) is 9.59 Å². The van der Waals surface area contributed by atoms with Crippen LogP contribution in [0.15, 0.2) is 58.7 Å². The molecule has 8 nitrogen and oxygen atoms in total. The second-order valence-electron chi connectivity index (χ2n) is 7.14. The van der Waals surface area contributed by atoms with Crippen molar-refractivity contribution in [2.75, 3.05) is 12.1 Å². The van der Waals surface area contributed by atoms with Crippen molar-refractivity contribution in [1.29, 1.82) is 0 Å². The minimum absolute atomic E-state index is 0.0924. The van der Waals surface area contributed by atoms with Crippen LogP contribution in [-0.4, -0.2) is 34.7 Å². The molecular formula is C22H22N4O4S. The molecule has 2 aliphatic rings. The molecule has 160 valence electrons. The van der Waals surface area contributed by atoms with Gasteiger partial charge in [-0.05, 0) is 49.6 Å². The van der Waals surface area contributed by atoms with Crippen molar-refractivity contribution < 1.29 is 19.1 Å². The summed E-state index contributed by atoms with van der Waals surface area (Å²) >= 11 is 1.20. The molecule has 2 heterocycles. The molecule has 2 N–H and O–H groups in total. The summed E-state index contributed by atoms with van der Waals surface area (Å²) in [7, 11) is 0. The lowest BCUT2D eigenvalue weighted by Gasteiger charge is -2.21. The van der Waals surface area contributed by atoms with Crippen molar-refractivity contribution in [1.82, 2.24) is 5.32 Å². The molecule has 0 saturated carbocycles. The third-order valence-corrected chi connectivity index (χ3v) is 5.80. The first-order valence-electron chi connectivity index (χ1n) is 9.89. The second-order valence-corrected chi connectivity index (χ2v) is 8.33. The second kappa shape index (κ2) is 9.65. The molecule has 0 aliphatic carbocycles. The summed E-state index contributed by atoms with van der Waals surface area (Å²) in [4.78, 5) is 24.5. The van der Waals surface area contributed by atoms with Crippen molar-refractivity contribution in [3.05, 3.63) is 54.1 Å². The Kier molecular flexibility index (Phi) is 6.51. The molecular weight excluding hydrogens is 416 g/mol. The van der Waals surface area contributed by atoms with Crippen LogP contribution in [0.1, 0.15) is 25.3 Å². The number of rotatable bonds is 6. The van der Waals surface area contributed by atoms with Gasteiger partial charge in [-0.15, -0.1) is 5.10 Å². The molecule has 0 spiro atoms. The number of para-hydroxylation sites is 1. The predicted molar refractivity (Wildman–Crippen MR) is 121 cm³/mol. The number of thioether (sulfide) groups is 1. The topological polar surface area (TPSA) is 101 Å². The minimum atomic E-state index is -0.558. The third-order valence-electron chi connectivity index (χ3n) is 4.73. The van der Waals surface area contributed by atoms with Gasteiger partial charge in [-0.1, -0.05) is 36.0 Å². The maximum absolute atomic E-state index is 12.5. The van der Waals surface area contributed by atoms with E-state index in [-0.39, 0.29) is 25.0 Å². The summed E-state index contributed by atoms with van der Waals surface area (Å²) in [6, 6.07) is 15.0. The van der Waals surface area contributed by atoms with Crippen molar-refractivity contribution in [3.8, 4) is 11.5 Å².